The van der Waals surface area contributed by atoms with E-state index in [-0.39, 0.29) is 22.9 Å². The second-order valence-corrected chi connectivity index (χ2v) is 7.50. The maximum Gasteiger partial charge on any atom is 0.251 e. The summed E-state index contributed by atoms with van der Waals surface area (Å²) in [5, 5.41) is 5.96. The van der Waals surface area contributed by atoms with Crippen LogP contribution in [0.4, 0.5) is 5.69 Å². The van der Waals surface area contributed by atoms with E-state index in [1.54, 1.807) is 6.07 Å². The van der Waals surface area contributed by atoms with Gasteiger partial charge in [0, 0.05) is 11.3 Å². The van der Waals surface area contributed by atoms with Crippen molar-refractivity contribution >= 4 is 40.7 Å². The van der Waals surface area contributed by atoms with E-state index in [2.05, 4.69) is 31.4 Å². The Bertz CT molecular complexity index is 781. The van der Waals surface area contributed by atoms with Crippen LogP contribution in [0.3, 0.4) is 0 Å². The lowest BCUT2D eigenvalue weighted by Crippen LogP contribution is -2.32. The van der Waals surface area contributed by atoms with E-state index in [9.17, 15) is 9.59 Å². The van der Waals surface area contributed by atoms with E-state index in [4.69, 9.17) is 23.2 Å². The lowest BCUT2D eigenvalue weighted by Gasteiger charge is -2.19. The van der Waals surface area contributed by atoms with Gasteiger partial charge in [0.2, 0.25) is 5.91 Å². The molecule has 2 amide bonds. The van der Waals surface area contributed by atoms with Gasteiger partial charge in [-0.2, -0.15) is 0 Å². The third-order valence-corrected chi connectivity index (χ3v) is 4.37. The quantitative estimate of drug-likeness (QED) is 0.812. The van der Waals surface area contributed by atoms with Gasteiger partial charge in [-0.05, 0) is 41.3 Å². The molecule has 0 unspecified atom stereocenters. The number of halogens is 2. The lowest BCUT2D eigenvalue weighted by atomic mass is 9.87. The molecule has 0 aromatic heterocycles. The molecule has 0 atom stereocenters. The molecular formula is C19H20Cl2N2O2. The normalized spacial score (nSPS) is 11.1. The first-order valence-corrected chi connectivity index (χ1v) is 8.56. The smallest absolute Gasteiger partial charge is 0.251 e. The molecule has 0 heterocycles. The average molecular weight is 379 g/mol. The summed E-state index contributed by atoms with van der Waals surface area (Å²) in [6.07, 6.45) is 0. The van der Waals surface area contributed by atoms with Crippen LogP contribution in [0.25, 0.3) is 0 Å². The summed E-state index contributed by atoms with van der Waals surface area (Å²) in [5.41, 5.74) is 2.26. The van der Waals surface area contributed by atoms with Gasteiger partial charge in [-0.3, -0.25) is 9.59 Å². The van der Waals surface area contributed by atoms with Crippen molar-refractivity contribution in [3.63, 3.8) is 0 Å². The van der Waals surface area contributed by atoms with Crippen molar-refractivity contribution in [1.82, 2.24) is 5.32 Å². The second-order valence-electron chi connectivity index (χ2n) is 6.69. The molecule has 0 fully saturated rings. The molecule has 2 aromatic carbocycles. The van der Waals surface area contributed by atoms with Gasteiger partial charge in [0.1, 0.15) is 0 Å². The molecule has 0 spiro atoms. The molecule has 0 saturated carbocycles. The number of carbonyl (C=O) groups is 2. The summed E-state index contributed by atoms with van der Waals surface area (Å²) in [7, 11) is 0. The third kappa shape index (κ3) is 5.48. The summed E-state index contributed by atoms with van der Waals surface area (Å²) < 4.78 is 0. The number of hydrogen-bond acceptors (Lipinski definition) is 2. The minimum Gasteiger partial charge on any atom is -0.343 e. The van der Waals surface area contributed by atoms with Gasteiger partial charge in [-0.15, -0.1) is 0 Å². The zero-order valence-corrected chi connectivity index (χ0v) is 15.8. The summed E-state index contributed by atoms with van der Waals surface area (Å²) in [6, 6.07) is 12.2. The molecule has 0 aliphatic heterocycles. The molecule has 0 aliphatic rings. The Labute approximate surface area is 157 Å². The molecule has 2 rings (SSSR count). The van der Waals surface area contributed by atoms with Gasteiger partial charge in [0.25, 0.3) is 5.91 Å². The van der Waals surface area contributed by atoms with Crippen LogP contribution in [-0.2, 0) is 10.2 Å². The monoisotopic (exact) mass is 378 g/mol. The first kappa shape index (κ1) is 19.3. The van der Waals surface area contributed by atoms with E-state index in [0.29, 0.717) is 16.3 Å². The zero-order valence-electron chi connectivity index (χ0n) is 14.3. The van der Waals surface area contributed by atoms with Crippen molar-refractivity contribution < 1.29 is 9.59 Å². The van der Waals surface area contributed by atoms with Crippen molar-refractivity contribution in [2.45, 2.75) is 26.2 Å². The van der Waals surface area contributed by atoms with Gasteiger partial charge >= 0.3 is 0 Å². The highest BCUT2D eigenvalue weighted by Crippen LogP contribution is 2.24. The molecule has 0 bridgehead atoms. The number of hydrogen-bond donors (Lipinski definition) is 2. The number of carbonyl (C=O) groups excluding carboxylic acids is 2. The zero-order chi connectivity index (χ0) is 18.6. The van der Waals surface area contributed by atoms with Crippen LogP contribution in [0.1, 0.15) is 36.7 Å². The van der Waals surface area contributed by atoms with Crippen molar-refractivity contribution in [3.05, 3.63) is 63.6 Å². The average Bonchev–Trinajstić information content (AvgIpc) is 2.55. The topological polar surface area (TPSA) is 58.2 Å². The lowest BCUT2D eigenvalue weighted by molar-refractivity contribution is -0.115. The van der Waals surface area contributed by atoms with Crippen LogP contribution in [0.5, 0.6) is 0 Å². The summed E-state index contributed by atoms with van der Waals surface area (Å²) in [6.45, 7) is 6.23. The van der Waals surface area contributed by atoms with Crippen LogP contribution in [0.2, 0.25) is 10.0 Å². The molecule has 6 heteroatoms. The van der Waals surface area contributed by atoms with Crippen molar-refractivity contribution in [3.8, 4) is 0 Å². The molecule has 2 aromatic rings. The van der Waals surface area contributed by atoms with E-state index >= 15 is 0 Å². The summed E-state index contributed by atoms with van der Waals surface area (Å²) >= 11 is 11.7. The Hall–Kier alpha value is -2.04. The van der Waals surface area contributed by atoms with Crippen LogP contribution in [0.15, 0.2) is 42.5 Å². The number of anilines is 1. The van der Waals surface area contributed by atoms with E-state index in [1.807, 2.05) is 24.3 Å². The first-order valence-electron chi connectivity index (χ1n) is 7.80. The van der Waals surface area contributed by atoms with Gasteiger partial charge in [0.15, 0.2) is 0 Å². The maximum atomic E-state index is 12.0. The van der Waals surface area contributed by atoms with Crippen LogP contribution < -0.4 is 10.6 Å². The minimum atomic E-state index is -0.392. The first-order chi connectivity index (χ1) is 11.7. The molecule has 25 heavy (non-hydrogen) atoms. The predicted octanol–water partition coefficient (Wildman–Crippen LogP) is 4.66. The third-order valence-electron chi connectivity index (χ3n) is 3.63. The molecule has 132 valence electrons. The Kier molecular flexibility index (Phi) is 6.09. The van der Waals surface area contributed by atoms with Gasteiger partial charge in [0.05, 0.1) is 16.6 Å². The number of nitrogens with one attached hydrogen (secondary N) is 2. The fourth-order valence-corrected chi connectivity index (χ4v) is 2.46. The van der Waals surface area contributed by atoms with Crippen molar-refractivity contribution in [1.29, 1.82) is 0 Å². The molecule has 0 aliphatic carbocycles. The Balaban J connectivity index is 1.90. The largest absolute Gasteiger partial charge is 0.343 e. The molecule has 0 saturated heterocycles. The predicted molar refractivity (Wildman–Crippen MR) is 103 cm³/mol. The highest BCUT2D eigenvalue weighted by molar-refractivity contribution is 6.42. The van der Waals surface area contributed by atoms with Gasteiger partial charge < -0.3 is 10.6 Å². The Morgan fingerprint density at radius 1 is 0.960 bits per heavy atom. The molecule has 2 N–H and O–H groups in total. The standard InChI is InChI=1S/C19H20Cl2N2O2/c1-19(2,3)13-5-7-14(8-6-13)23-17(24)11-22-18(25)12-4-9-15(20)16(21)10-12/h4-10H,11H2,1-3H3,(H,22,25)(H,23,24). The highest BCUT2D eigenvalue weighted by Gasteiger charge is 2.14. The van der Waals surface area contributed by atoms with Gasteiger partial charge in [-0.25, -0.2) is 0 Å². The van der Waals surface area contributed by atoms with E-state index in [0.717, 1.165) is 0 Å². The molecular weight excluding hydrogens is 359 g/mol. The Morgan fingerprint density at radius 2 is 1.60 bits per heavy atom. The van der Waals surface area contributed by atoms with Gasteiger partial charge in [-0.1, -0.05) is 56.1 Å². The SMILES string of the molecule is CC(C)(C)c1ccc(NC(=O)CNC(=O)c2ccc(Cl)c(Cl)c2)cc1. The fourth-order valence-electron chi connectivity index (χ4n) is 2.16. The van der Waals surface area contributed by atoms with Crippen LogP contribution >= 0.6 is 23.2 Å². The van der Waals surface area contributed by atoms with E-state index in [1.165, 1.54) is 17.7 Å². The summed E-state index contributed by atoms with van der Waals surface area (Å²) in [5.74, 6) is -0.700. The summed E-state index contributed by atoms with van der Waals surface area (Å²) in [4.78, 5) is 24.0. The Morgan fingerprint density at radius 3 is 2.16 bits per heavy atom. The molecule has 0 radical (unpaired) electrons. The number of benzene rings is 2. The number of amides is 2. The van der Waals surface area contributed by atoms with Crippen molar-refractivity contribution in [2.75, 3.05) is 11.9 Å². The second kappa shape index (κ2) is 7.89. The minimum absolute atomic E-state index is 0.0520. The van der Waals surface area contributed by atoms with E-state index < -0.39 is 5.91 Å². The van der Waals surface area contributed by atoms with Crippen LogP contribution in [0, 0.1) is 0 Å². The van der Waals surface area contributed by atoms with Crippen LogP contribution in [-0.4, -0.2) is 18.4 Å². The molecule has 4 nitrogen and oxygen atoms in total. The maximum absolute atomic E-state index is 12.0. The fraction of sp³-hybridized carbons (Fsp3) is 0.263. The van der Waals surface area contributed by atoms with Crippen molar-refractivity contribution in [2.24, 2.45) is 0 Å². The number of rotatable bonds is 4. The highest BCUT2D eigenvalue weighted by atomic mass is 35.5.